The molecular formula is C17H21ClN2O3S. The summed E-state index contributed by atoms with van der Waals surface area (Å²) in [5, 5.41) is 7.86. The number of hydrogen-bond acceptors (Lipinski definition) is 6. The summed E-state index contributed by atoms with van der Waals surface area (Å²) in [7, 11) is 1.65. The minimum absolute atomic E-state index is 0.0925. The van der Waals surface area contributed by atoms with E-state index >= 15 is 0 Å². The van der Waals surface area contributed by atoms with E-state index < -0.39 is 0 Å². The quantitative estimate of drug-likeness (QED) is 0.892. The lowest BCUT2D eigenvalue weighted by Gasteiger charge is -2.45. The predicted molar refractivity (Wildman–Crippen MR) is 92.5 cm³/mol. The first-order valence-corrected chi connectivity index (χ1v) is 9.42. The Kier molecular flexibility index (Phi) is 4.43. The second-order valence-corrected chi connectivity index (χ2v) is 8.36. The van der Waals surface area contributed by atoms with Gasteiger partial charge in [0.25, 0.3) is 0 Å². The minimum Gasteiger partial charge on any atom is -0.377 e. The zero-order valence-corrected chi connectivity index (χ0v) is 15.4. The highest BCUT2D eigenvalue weighted by Gasteiger charge is 2.46. The maximum atomic E-state index is 6.35. The largest absolute Gasteiger partial charge is 0.377 e. The molecule has 0 saturated carbocycles. The van der Waals surface area contributed by atoms with Crippen LogP contribution in [0.25, 0.3) is 0 Å². The van der Waals surface area contributed by atoms with E-state index in [4.69, 9.17) is 25.6 Å². The molecule has 2 aliphatic rings. The number of halogens is 1. The van der Waals surface area contributed by atoms with Crippen molar-refractivity contribution in [3.63, 3.8) is 0 Å². The van der Waals surface area contributed by atoms with Crippen molar-refractivity contribution in [2.75, 3.05) is 13.7 Å². The summed E-state index contributed by atoms with van der Waals surface area (Å²) in [6.07, 6.45) is 2.71. The van der Waals surface area contributed by atoms with Crippen molar-refractivity contribution in [1.82, 2.24) is 10.5 Å². The molecule has 5 nitrogen and oxygen atoms in total. The smallest absolute Gasteiger partial charge is 0.162 e. The van der Waals surface area contributed by atoms with Crippen LogP contribution >= 0.6 is 22.9 Å². The van der Waals surface area contributed by atoms with Gasteiger partial charge in [-0.15, -0.1) is 11.3 Å². The first kappa shape index (κ1) is 16.5. The van der Waals surface area contributed by atoms with Gasteiger partial charge < -0.3 is 19.3 Å². The van der Waals surface area contributed by atoms with Crippen molar-refractivity contribution in [2.24, 2.45) is 0 Å². The molecule has 1 spiro atoms. The molecule has 4 rings (SSSR count). The van der Waals surface area contributed by atoms with Gasteiger partial charge in [0.2, 0.25) is 0 Å². The minimum atomic E-state index is -0.277. The molecule has 4 heterocycles. The van der Waals surface area contributed by atoms with Gasteiger partial charge in [-0.05, 0) is 31.4 Å². The normalized spacial score (nSPS) is 29.8. The fourth-order valence-electron chi connectivity index (χ4n) is 3.95. The second kappa shape index (κ2) is 6.42. The van der Waals surface area contributed by atoms with Crippen molar-refractivity contribution in [3.8, 4) is 0 Å². The molecule has 7 heteroatoms. The molecule has 2 aromatic rings. The van der Waals surface area contributed by atoms with Gasteiger partial charge in [0, 0.05) is 30.5 Å². The van der Waals surface area contributed by atoms with Crippen molar-refractivity contribution >= 4 is 22.9 Å². The molecule has 0 unspecified atom stereocenters. The van der Waals surface area contributed by atoms with E-state index in [0.717, 1.165) is 41.7 Å². The van der Waals surface area contributed by atoms with E-state index in [1.54, 1.807) is 18.4 Å². The topological polar surface area (TPSA) is 56.5 Å². The highest BCUT2D eigenvalue weighted by Crippen LogP contribution is 2.49. The molecule has 0 bridgehead atoms. The summed E-state index contributed by atoms with van der Waals surface area (Å²) in [6, 6.07) is 4.48. The number of nitrogens with zero attached hydrogens (tertiary/aromatic N) is 1. The van der Waals surface area contributed by atoms with Gasteiger partial charge in [-0.25, -0.2) is 0 Å². The maximum absolute atomic E-state index is 6.35. The predicted octanol–water partition coefficient (Wildman–Crippen LogP) is 3.82. The third-order valence-corrected chi connectivity index (χ3v) is 6.31. The summed E-state index contributed by atoms with van der Waals surface area (Å²) in [4.78, 5) is 1.29. The van der Waals surface area contributed by atoms with Crippen LogP contribution < -0.4 is 5.32 Å². The van der Waals surface area contributed by atoms with Crippen LogP contribution in [0.5, 0.6) is 0 Å². The molecule has 1 saturated heterocycles. The number of ether oxygens (including phenoxy) is 2. The van der Waals surface area contributed by atoms with Crippen LogP contribution in [-0.4, -0.2) is 24.9 Å². The monoisotopic (exact) mass is 368 g/mol. The lowest BCUT2D eigenvalue weighted by molar-refractivity contribution is -0.0959. The molecule has 2 aromatic heterocycles. The Balaban J connectivity index is 1.65. The molecule has 24 heavy (non-hydrogen) atoms. The van der Waals surface area contributed by atoms with Crippen LogP contribution in [0.2, 0.25) is 4.34 Å². The van der Waals surface area contributed by atoms with Gasteiger partial charge in [-0.3, -0.25) is 0 Å². The third kappa shape index (κ3) is 2.91. The fraction of sp³-hybridized carbons (Fsp3) is 0.588. The number of thiophene rings is 1. The Bertz CT molecular complexity index is 731. The molecule has 1 N–H and O–H groups in total. The molecule has 1 fully saturated rings. The number of rotatable bonds is 3. The highest BCUT2D eigenvalue weighted by atomic mass is 35.5. The van der Waals surface area contributed by atoms with Crippen LogP contribution in [0.4, 0.5) is 0 Å². The van der Waals surface area contributed by atoms with Gasteiger partial charge >= 0.3 is 0 Å². The van der Waals surface area contributed by atoms with E-state index in [2.05, 4.69) is 23.5 Å². The molecule has 0 aromatic carbocycles. The van der Waals surface area contributed by atoms with Gasteiger partial charge in [0.1, 0.15) is 17.9 Å². The fourth-order valence-corrected chi connectivity index (χ4v) is 5.42. The lowest BCUT2D eigenvalue weighted by Crippen LogP contribution is -2.49. The molecular weight excluding hydrogens is 348 g/mol. The average Bonchev–Trinajstić information content (AvgIpc) is 3.14. The molecule has 2 aliphatic heterocycles. The molecule has 130 valence electrons. The van der Waals surface area contributed by atoms with Crippen molar-refractivity contribution < 1.29 is 14.0 Å². The van der Waals surface area contributed by atoms with E-state index in [0.29, 0.717) is 12.6 Å². The zero-order valence-electron chi connectivity index (χ0n) is 13.8. The van der Waals surface area contributed by atoms with Crippen molar-refractivity contribution in [1.29, 1.82) is 0 Å². The van der Waals surface area contributed by atoms with Crippen LogP contribution in [0.15, 0.2) is 16.7 Å². The van der Waals surface area contributed by atoms with Gasteiger partial charge in [-0.1, -0.05) is 16.8 Å². The number of hydrogen-bond donors (Lipinski definition) is 1. The van der Waals surface area contributed by atoms with E-state index in [1.165, 1.54) is 10.4 Å². The third-order valence-electron chi connectivity index (χ3n) is 4.82. The molecule has 0 radical (unpaired) electrons. The standard InChI is InChI=1S/C17H21ClN2O3S/c1-10-7-17(16-11(3-4-22-17)5-15(18)24-16)8-14(19-10)13-6-12(9-21-2)23-20-13/h5-6,10,14,19H,3-4,7-9H2,1-2H3/t10-,14-,17-/m0/s1. The average molecular weight is 369 g/mol. The van der Waals surface area contributed by atoms with Crippen LogP contribution in [0.3, 0.4) is 0 Å². The number of piperidine rings is 1. The number of aromatic nitrogens is 1. The number of nitrogens with one attached hydrogen (secondary N) is 1. The van der Waals surface area contributed by atoms with Gasteiger partial charge in [0.05, 0.1) is 17.0 Å². The highest BCUT2D eigenvalue weighted by molar-refractivity contribution is 7.16. The van der Waals surface area contributed by atoms with Gasteiger partial charge in [0.15, 0.2) is 5.76 Å². The Hall–Kier alpha value is -0.920. The Labute approximate surface area is 150 Å². The van der Waals surface area contributed by atoms with E-state index in [-0.39, 0.29) is 11.6 Å². The molecule has 0 amide bonds. The van der Waals surface area contributed by atoms with E-state index in [9.17, 15) is 0 Å². The second-order valence-electron chi connectivity index (χ2n) is 6.68. The summed E-state index contributed by atoms with van der Waals surface area (Å²) >= 11 is 7.94. The van der Waals surface area contributed by atoms with Crippen molar-refractivity contribution in [2.45, 2.75) is 50.5 Å². The summed E-state index contributed by atoms with van der Waals surface area (Å²) in [6.45, 7) is 3.37. The summed E-state index contributed by atoms with van der Waals surface area (Å²) in [5.74, 6) is 0.742. The van der Waals surface area contributed by atoms with Crippen molar-refractivity contribution in [3.05, 3.63) is 38.4 Å². The van der Waals surface area contributed by atoms with Crippen LogP contribution in [-0.2, 0) is 28.1 Å². The van der Waals surface area contributed by atoms with E-state index in [1.807, 2.05) is 6.07 Å². The first-order valence-electron chi connectivity index (χ1n) is 8.23. The maximum Gasteiger partial charge on any atom is 0.162 e. The molecule has 0 aliphatic carbocycles. The van der Waals surface area contributed by atoms with Crippen LogP contribution in [0, 0.1) is 0 Å². The molecule has 3 atom stereocenters. The lowest BCUT2D eigenvalue weighted by atomic mass is 9.79. The Morgan fingerprint density at radius 2 is 2.33 bits per heavy atom. The Morgan fingerprint density at radius 1 is 1.46 bits per heavy atom. The van der Waals surface area contributed by atoms with Gasteiger partial charge in [-0.2, -0.15) is 0 Å². The number of methoxy groups -OCH3 is 1. The summed E-state index contributed by atoms with van der Waals surface area (Å²) in [5.41, 5.74) is 1.97. The number of fused-ring (bicyclic) bond motifs is 2. The zero-order chi connectivity index (χ0) is 16.7. The SMILES string of the molecule is COCc1cc([C@@H]2C[C@]3(C[C@H](C)N2)OCCc2cc(Cl)sc23)no1. The summed E-state index contributed by atoms with van der Waals surface area (Å²) < 4.78 is 17.7. The Morgan fingerprint density at radius 3 is 3.17 bits per heavy atom. The first-order chi connectivity index (χ1) is 11.6. The van der Waals surface area contributed by atoms with Crippen LogP contribution in [0.1, 0.15) is 47.7 Å².